The molecule has 0 bridgehead atoms. The zero-order chi connectivity index (χ0) is 8.39. The Morgan fingerprint density at radius 3 is 2.42 bits per heavy atom. The lowest BCUT2D eigenvalue weighted by molar-refractivity contribution is 0.188. The molecule has 1 fully saturated rings. The Hall–Kier alpha value is -0.660. The molecule has 0 spiro atoms. The average Bonchev–Trinajstić information content (AvgIpc) is 2.54. The smallest absolute Gasteiger partial charge is 0.0893 e. The van der Waals surface area contributed by atoms with Crippen molar-refractivity contribution in [2.24, 2.45) is 0 Å². The molecular formula is C10H18N2. The highest BCUT2D eigenvalue weighted by Crippen LogP contribution is 2.24. The number of rotatable bonds is 1. The number of hydrogen-bond donors (Lipinski definition) is 0. The number of nitrogens with zero attached hydrogens (tertiary/aromatic N) is 2. The number of hydrogen-bond acceptors (Lipinski definition) is 2. The average molecular weight is 166 g/mol. The summed E-state index contributed by atoms with van der Waals surface area (Å²) >= 11 is 0. The Morgan fingerprint density at radius 2 is 1.83 bits per heavy atom. The summed E-state index contributed by atoms with van der Waals surface area (Å²) in [6.07, 6.45) is 11.5. The minimum Gasteiger partial charge on any atom is -0.362 e. The molecule has 0 aromatic rings. The van der Waals surface area contributed by atoms with Crippen molar-refractivity contribution in [3.8, 4) is 0 Å². The van der Waals surface area contributed by atoms with Crippen LogP contribution in [0.1, 0.15) is 32.1 Å². The highest BCUT2D eigenvalue weighted by atomic mass is 15.3. The molecule has 68 valence electrons. The van der Waals surface area contributed by atoms with E-state index in [2.05, 4.69) is 29.2 Å². The van der Waals surface area contributed by atoms with E-state index in [0.29, 0.717) is 0 Å². The second-order valence-electron chi connectivity index (χ2n) is 4.00. The fourth-order valence-corrected chi connectivity index (χ4v) is 2.20. The molecule has 0 amide bonds. The first kappa shape index (κ1) is 7.96. The molecule has 12 heavy (non-hydrogen) atoms. The fourth-order valence-electron chi connectivity index (χ4n) is 2.20. The van der Waals surface area contributed by atoms with Gasteiger partial charge in [-0.1, -0.05) is 19.3 Å². The summed E-state index contributed by atoms with van der Waals surface area (Å²) < 4.78 is 0. The Bertz CT molecular complexity index is 171. The van der Waals surface area contributed by atoms with Crippen LogP contribution in [0.25, 0.3) is 0 Å². The van der Waals surface area contributed by atoms with Gasteiger partial charge in [0.1, 0.15) is 0 Å². The van der Waals surface area contributed by atoms with E-state index < -0.39 is 0 Å². The monoisotopic (exact) mass is 166 g/mol. The van der Waals surface area contributed by atoms with E-state index in [0.717, 1.165) is 12.7 Å². The van der Waals surface area contributed by atoms with Crippen molar-refractivity contribution in [3.05, 3.63) is 12.4 Å². The van der Waals surface area contributed by atoms with Gasteiger partial charge in [-0.05, 0) is 12.8 Å². The summed E-state index contributed by atoms with van der Waals surface area (Å²) in [5, 5.41) is 0. The molecule has 2 nitrogen and oxygen atoms in total. The van der Waals surface area contributed by atoms with Crippen LogP contribution in [0.2, 0.25) is 0 Å². The first-order chi connectivity index (χ1) is 5.86. The van der Waals surface area contributed by atoms with Crippen molar-refractivity contribution in [2.75, 3.05) is 13.7 Å². The molecule has 1 aliphatic heterocycles. The Kier molecular flexibility index (Phi) is 2.24. The van der Waals surface area contributed by atoms with Gasteiger partial charge in [0.2, 0.25) is 0 Å². The van der Waals surface area contributed by atoms with Crippen molar-refractivity contribution < 1.29 is 0 Å². The molecule has 0 radical (unpaired) electrons. The first-order valence-corrected chi connectivity index (χ1v) is 5.00. The van der Waals surface area contributed by atoms with Crippen molar-refractivity contribution in [1.29, 1.82) is 0 Å². The van der Waals surface area contributed by atoms with E-state index in [1.165, 1.54) is 32.1 Å². The van der Waals surface area contributed by atoms with Gasteiger partial charge in [0.25, 0.3) is 0 Å². The zero-order valence-corrected chi connectivity index (χ0v) is 7.87. The zero-order valence-electron chi connectivity index (χ0n) is 7.87. The Balaban J connectivity index is 1.87. The molecule has 1 aliphatic carbocycles. The van der Waals surface area contributed by atoms with Gasteiger partial charge in [-0.15, -0.1) is 0 Å². The molecule has 2 rings (SSSR count). The summed E-state index contributed by atoms with van der Waals surface area (Å²) in [5.74, 6) is 0. The van der Waals surface area contributed by atoms with Crippen LogP contribution in [0.5, 0.6) is 0 Å². The fraction of sp³-hybridized carbons (Fsp3) is 0.800. The highest BCUT2D eigenvalue weighted by Gasteiger charge is 2.21. The summed E-state index contributed by atoms with van der Waals surface area (Å²) in [5.41, 5.74) is 0. The lowest BCUT2D eigenvalue weighted by Gasteiger charge is -2.31. The molecule has 0 aromatic carbocycles. The van der Waals surface area contributed by atoms with E-state index in [1.54, 1.807) is 0 Å². The Morgan fingerprint density at radius 1 is 1.08 bits per heavy atom. The molecule has 1 heterocycles. The van der Waals surface area contributed by atoms with Gasteiger partial charge in [-0.3, -0.25) is 0 Å². The lowest BCUT2D eigenvalue weighted by Crippen LogP contribution is -2.34. The molecule has 2 aliphatic rings. The molecule has 0 saturated heterocycles. The predicted molar refractivity (Wildman–Crippen MR) is 50.5 cm³/mol. The van der Waals surface area contributed by atoms with Crippen LogP contribution in [0.15, 0.2) is 12.4 Å². The topological polar surface area (TPSA) is 6.48 Å². The van der Waals surface area contributed by atoms with E-state index in [9.17, 15) is 0 Å². The molecule has 2 heteroatoms. The van der Waals surface area contributed by atoms with Crippen LogP contribution in [0.4, 0.5) is 0 Å². The highest BCUT2D eigenvalue weighted by molar-refractivity contribution is 4.93. The van der Waals surface area contributed by atoms with Gasteiger partial charge in [0, 0.05) is 25.5 Å². The van der Waals surface area contributed by atoms with Gasteiger partial charge in [0.15, 0.2) is 0 Å². The second-order valence-corrected chi connectivity index (χ2v) is 4.00. The van der Waals surface area contributed by atoms with Crippen LogP contribution in [-0.4, -0.2) is 29.6 Å². The maximum absolute atomic E-state index is 2.49. The first-order valence-electron chi connectivity index (χ1n) is 5.00. The van der Waals surface area contributed by atoms with E-state index in [4.69, 9.17) is 0 Å². The van der Waals surface area contributed by atoms with Crippen LogP contribution >= 0.6 is 0 Å². The van der Waals surface area contributed by atoms with Crippen LogP contribution < -0.4 is 0 Å². The van der Waals surface area contributed by atoms with Crippen LogP contribution in [0.3, 0.4) is 0 Å². The minimum absolute atomic E-state index is 0.833. The third-order valence-electron chi connectivity index (χ3n) is 2.94. The van der Waals surface area contributed by atoms with Crippen LogP contribution in [-0.2, 0) is 0 Å². The molecular weight excluding hydrogens is 148 g/mol. The normalized spacial score (nSPS) is 25.4. The minimum atomic E-state index is 0.833. The predicted octanol–water partition coefficient (Wildman–Crippen LogP) is 2.00. The van der Waals surface area contributed by atoms with Crippen molar-refractivity contribution in [1.82, 2.24) is 9.80 Å². The largest absolute Gasteiger partial charge is 0.362 e. The summed E-state index contributed by atoms with van der Waals surface area (Å²) in [6.45, 7) is 1.10. The van der Waals surface area contributed by atoms with Gasteiger partial charge in [0.05, 0.1) is 6.67 Å². The molecule has 0 N–H and O–H groups in total. The molecule has 0 atom stereocenters. The van der Waals surface area contributed by atoms with Crippen molar-refractivity contribution in [3.63, 3.8) is 0 Å². The third-order valence-corrected chi connectivity index (χ3v) is 2.94. The van der Waals surface area contributed by atoms with Gasteiger partial charge in [-0.2, -0.15) is 0 Å². The summed E-state index contributed by atoms with van der Waals surface area (Å²) in [4.78, 5) is 4.73. The van der Waals surface area contributed by atoms with Gasteiger partial charge in [-0.25, -0.2) is 0 Å². The van der Waals surface area contributed by atoms with E-state index >= 15 is 0 Å². The van der Waals surface area contributed by atoms with E-state index in [1.807, 2.05) is 0 Å². The van der Waals surface area contributed by atoms with E-state index in [-0.39, 0.29) is 0 Å². The quantitative estimate of drug-likeness (QED) is 0.588. The second kappa shape index (κ2) is 3.38. The molecule has 0 aromatic heterocycles. The SMILES string of the molecule is CN1C=CN(C2CCCCC2)C1. The lowest BCUT2D eigenvalue weighted by atomic mass is 9.95. The maximum Gasteiger partial charge on any atom is 0.0893 e. The van der Waals surface area contributed by atoms with Gasteiger partial charge >= 0.3 is 0 Å². The van der Waals surface area contributed by atoms with Crippen molar-refractivity contribution in [2.45, 2.75) is 38.1 Å². The standard InChI is InChI=1S/C10H18N2/c1-11-7-8-12(9-11)10-5-3-2-4-6-10/h7-8,10H,2-6,9H2,1H3. The van der Waals surface area contributed by atoms with Crippen LogP contribution in [0, 0.1) is 0 Å². The van der Waals surface area contributed by atoms with Crippen molar-refractivity contribution >= 4 is 0 Å². The molecule has 1 saturated carbocycles. The molecule has 0 unspecified atom stereocenters. The van der Waals surface area contributed by atoms with Gasteiger partial charge < -0.3 is 9.80 Å². The summed E-state index contributed by atoms with van der Waals surface area (Å²) in [7, 11) is 2.14. The Labute approximate surface area is 74.8 Å². The maximum atomic E-state index is 2.49. The third kappa shape index (κ3) is 1.57. The summed E-state index contributed by atoms with van der Waals surface area (Å²) in [6, 6.07) is 0.833.